The smallest absolute Gasteiger partial charge is 0.128 e. The maximum absolute atomic E-state index is 10.2. The van der Waals surface area contributed by atoms with Crippen molar-refractivity contribution in [2.75, 3.05) is 0 Å². The van der Waals surface area contributed by atoms with Gasteiger partial charge < -0.3 is 9.84 Å². The Labute approximate surface area is 116 Å². The monoisotopic (exact) mass is 275 g/mol. The van der Waals surface area contributed by atoms with Crippen LogP contribution in [-0.4, -0.2) is 10.1 Å². The fourth-order valence-corrected chi connectivity index (χ4v) is 2.60. The summed E-state index contributed by atoms with van der Waals surface area (Å²) in [5.41, 5.74) is 2.89. The molecule has 19 heavy (non-hydrogen) atoms. The van der Waals surface area contributed by atoms with Gasteiger partial charge in [0.15, 0.2) is 0 Å². The molecule has 0 bridgehead atoms. The number of nitrogens with zero attached hydrogens (tertiary/aromatic N) is 1. The highest BCUT2D eigenvalue weighted by Gasteiger charge is 2.29. The number of aryl methyl sites for hydroxylation is 1. The molecule has 98 valence electrons. The van der Waals surface area contributed by atoms with E-state index in [1.165, 1.54) is 0 Å². The molecule has 0 amide bonds. The van der Waals surface area contributed by atoms with Crippen LogP contribution in [0.25, 0.3) is 0 Å². The van der Waals surface area contributed by atoms with E-state index in [1.54, 1.807) is 30.6 Å². The van der Waals surface area contributed by atoms with Crippen LogP contribution in [0.1, 0.15) is 35.3 Å². The summed E-state index contributed by atoms with van der Waals surface area (Å²) in [6, 6.07) is 7.28. The Morgan fingerprint density at radius 3 is 2.95 bits per heavy atom. The normalized spacial score (nSPS) is 21.6. The average Bonchev–Trinajstić information content (AvgIpc) is 2.40. The third-order valence-corrected chi connectivity index (χ3v) is 3.70. The number of pyridine rings is 1. The van der Waals surface area contributed by atoms with Crippen LogP contribution in [0, 0.1) is 6.92 Å². The van der Waals surface area contributed by atoms with Crippen LogP contribution in [0.3, 0.4) is 0 Å². The molecule has 2 atom stereocenters. The van der Waals surface area contributed by atoms with Crippen molar-refractivity contribution in [3.05, 3.63) is 58.4 Å². The van der Waals surface area contributed by atoms with Crippen LogP contribution in [0.15, 0.2) is 36.7 Å². The quantitative estimate of drug-likeness (QED) is 0.865. The van der Waals surface area contributed by atoms with Gasteiger partial charge in [0.05, 0.1) is 6.10 Å². The predicted octanol–water partition coefficient (Wildman–Crippen LogP) is 3.60. The Bertz CT molecular complexity index is 615. The number of halogens is 1. The molecule has 1 aliphatic heterocycles. The third-order valence-electron chi connectivity index (χ3n) is 3.46. The molecular formula is C15H14ClNO2. The molecule has 1 aliphatic rings. The second-order valence-electron chi connectivity index (χ2n) is 4.77. The minimum atomic E-state index is -0.563. The van der Waals surface area contributed by atoms with Crippen LogP contribution >= 0.6 is 11.6 Å². The molecule has 0 radical (unpaired) electrons. The molecular weight excluding hydrogens is 262 g/mol. The van der Waals surface area contributed by atoms with Crippen molar-refractivity contribution in [1.29, 1.82) is 0 Å². The zero-order valence-electron chi connectivity index (χ0n) is 10.5. The maximum atomic E-state index is 10.2. The third kappa shape index (κ3) is 2.31. The summed E-state index contributed by atoms with van der Waals surface area (Å²) in [5, 5.41) is 10.9. The number of hydrogen-bond acceptors (Lipinski definition) is 3. The first-order valence-electron chi connectivity index (χ1n) is 6.20. The fourth-order valence-electron chi connectivity index (χ4n) is 2.42. The minimum absolute atomic E-state index is 0.169. The van der Waals surface area contributed by atoms with Crippen molar-refractivity contribution >= 4 is 11.6 Å². The Morgan fingerprint density at radius 2 is 2.16 bits per heavy atom. The minimum Gasteiger partial charge on any atom is -0.485 e. The summed E-state index contributed by atoms with van der Waals surface area (Å²) in [4.78, 5) is 4.13. The number of aliphatic hydroxyl groups excluding tert-OH is 1. The van der Waals surface area contributed by atoms with E-state index < -0.39 is 6.10 Å². The lowest BCUT2D eigenvalue weighted by Gasteiger charge is -2.30. The topological polar surface area (TPSA) is 42.4 Å². The molecule has 3 nitrogen and oxygen atoms in total. The van der Waals surface area contributed by atoms with Gasteiger partial charge in [-0.3, -0.25) is 4.98 Å². The van der Waals surface area contributed by atoms with Crippen molar-refractivity contribution in [2.24, 2.45) is 0 Å². The first kappa shape index (κ1) is 12.5. The van der Waals surface area contributed by atoms with Crippen molar-refractivity contribution in [1.82, 2.24) is 4.98 Å². The molecule has 0 saturated carbocycles. The number of ether oxygens (including phenoxy) is 1. The summed E-state index contributed by atoms with van der Waals surface area (Å²) >= 11 is 5.94. The first-order chi connectivity index (χ1) is 9.15. The van der Waals surface area contributed by atoms with E-state index in [4.69, 9.17) is 16.3 Å². The van der Waals surface area contributed by atoms with Gasteiger partial charge in [0.1, 0.15) is 11.9 Å². The second kappa shape index (κ2) is 4.83. The molecule has 3 rings (SSSR count). The van der Waals surface area contributed by atoms with Gasteiger partial charge >= 0.3 is 0 Å². The van der Waals surface area contributed by atoms with Crippen molar-refractivity contribution in [2.45, 2.75) is 25.6 Å². The van der Waals surface area contributed by atoms with Crippen LogP contribution in [0.2, 0.25) is 5.02 Å². The van der Waals surface area contributed by atoms with Crippen LogP contribution < -0.4 is 4.74 Å². The van der Waals surface area contributed by atoms with Crippen LogP contribution in [-0.2, 0) is 0 Å². The number of rotatable bonds is 1. The molecule has 1 aromatic carbocycles. The van der Waals surface area contributed by atoms with E-state index in [1.807, 2.05) is 13.0 Å². The number of hydrogen-bond donors (Lipinski definition) is 1. The predicted molar refractivity (Wildman–Crippen MR) is 73.4 cm³/mol. The number of fused-ring (bicyclic) bond motifs is 1. The van der Waals surface area contributed by atoms with E-state index in [0.717, 1.165) is 16.7 Å². The summed E-state index contributed by atoms with van der Waals surface area (Å²) in [6.07, 6.45) is 3.34. The van der Waals surface area contributed by atoms with Crippen molar-refractivity contribution in [3.8, 4) is 5.75 Å². The summed E-state index contributed by atoms with van der Waals surface area (Å²) < 4.78 is 5.97. The molecule has 1 N–H and O–H groups in total. The molecule has 0 fully saturated rings. The van der Waals surface area contributed by atoms with E-state index in [-0.39, 0.29) is 6.10 Å². The van der Waals surface area contributed by atoms with Gasteiger partial charge in [-0.2, -0.15) is 0 Å². The van der Waals surface area contributed by atoms with E-state index in [9.17, 15) is 5.11 Å². The molecule has 0 aliphatic carbocycles. The Hall–Kier alpha value is -1.58. The van der Waals surface area contributed by atoms with Crippen molar-refractivity contribution < 1.29 is 9.84 Å². The molecule has 0 saturated heterocycles. The van der Waals surface area contributed by atoms with Gasteiger partial charge in [-0.1, -0.05) is 11.6 Å². The zero-order chi connectivity index (χ0) is 13.4. The molecule has 1 unspecified atom stereocenters. The lowest BCUT2D eigenvalue weighted by molar-refractivity contribution is 0.0653. The molecule has 0 spiro atoms. The number of benzene rings is 1. The Kier molecular flexibility index (Phi) is 3.17. The summed E-state index contributed by atoms with van der Waals surface area (Å²) in [6.45, 7) is 2.02. The van der Waals surface area contributed by atoms with E-state index in [0.29, 0.717) is 17.2 Å². The van der Waals surface area contributed by atoms with Gasteiger partial charge in [0.25, 0.3) is 0 Å². The largest absolute Gasteiger partial charge is 0.485 e. The molecule has 4 heteroatoms. The highest BCUT2D eigenvalue weighted by molar-refractivity contribution is 6.30. The Balaban J connectivity index is 1.97. The maximum Gasteiger partial charge on any atom is 0.128 e. The summed E-state index contributed by atoms with van der Waals surface area (Å²) in [5.74, 6) is 0.691. The van der Waals surface area contributed by atoms with Crippen LogP contribution in [0.5, 0.6) is 5.75 Å². The highest BCUT2D eigenvalue weighted by atomic mass is 35.5. The number of aromatic nitrogens is 1. The van der Waals surface area contributed by atoms with Gasteiger partial charge in [-0.15, -0.1) is 0 Å². The second-order valence-corrected chi connectivity index (χ2v) is 5.21. The van der Waals surface area contributed by atoms with Gasteiger partial charge in [0, 0.05) is 35.0 Å². The van der Waals surface area contributed by atoms with E-state index in [2.05, 4.69) is 4.98 Å². The highest BCUT2D eigenvalue weighted by Crippen LogP contribution is 2.42. The van der Waals surface area contributed by atoms with Gasteiger partial charge in [0.2, 0.25) is 0 Å². The zero-order valence-corrected chi connectivity index (χ0v) is 11.3. The SMILES string of the molecule is Cc1ccncc1C1C[C@H](O)c2cc(Cl)ccc2O1. The first-order valence-corrected chi connectivity index (χ1v) is 6.57. The molecule has 2 heterocycles. The van der Waals surface area contributed by atoms with Crippen molar-refractivity contribution in [3.63, 3.8) is 0 Å². The van der Waals surface area contributed by atoms with Gasteiger partial charge in [-0.05, 0) is 36.8 Å². The van der Waals surface area contributed by atoms with Crippen LogP contribution in [0.4, 0.5) is 0 Å². The van der Waals surface area contributed by atoms with E-state index >= 15 is 0 Å². The molecule has 2 aromatic rings. The summed E-state index contributed by atoms with van der Waals surface area (Å²) in [7, 11) is 0. The fraction of sp³-hybridized carbons (Fsp3) is 0.267. The lowest BCUT2D eigenvalue weighted by Crippen LogP contribution is -2.19. The lowest BCUT2D eigenvalue weighted by atomic mass is 9.94. The number of aliphatic hydroxyl groups is 1. The standard InChI is InChI=1S/C15H14ClNO2/c1-9-4-5-17-8-12(9)15-7-13(18)11-6-10(16)2-3-14(11)19-15/h2-6,8,13,15,18H,7H2,1H3/t13-,15?/m0/s1. The average molecular weight is 276 g/mol. The Morgan fingerprint density at radius 1 is 1.32 bits per heavy atom. The molecule has 1 aromatic heterocycles. The van der Waals surface area contributed by atoms with Gasteiger partial charge in [-0.25, -0.2) is 0 Å².